The SMILES string of the molecule is OCc1cc2cc(S)sc2cc1O. The molecule has 1 heterocycles. The molecule has 0 saturated carbocycles. The van der Waals surface area contributed by atoms with Crippen LogP contribution in [0.4, 0.5) is 0 Å². The van der Waals surface area contributed by atoms with Crippen LogP contribution in [0.2, 0.25) is 0 Å². The Kier molecular flexibility index (Phi) is 2.19. The van der Waals surface area contributed by atoms with Crippen LogP contribution in [-0.2, 0) is 6.61 Å². The molecule has 0 aliphatic heterocycles. The van der Waals surface area contributed by atoms with Crippen molar-refractivity contribution in [2.75, 3.05) is 0 Å². The summed E-state index contributed by atoms with van der Waals surface area (Å²) in [6.07, 6.45) is 0. The van der Waals surface area contributed by atoms with Gasteiger partial charge in [-0.1, -0.05) is 0 Å². The first-order valence-electron chi connectivity index (χ1n) is 3.76. The van der Waals surface area contributed by atoms with E-state index in [0.717, 1.165) is 14.3 Å². The van der Waals surface area contributed by atoms with Gasteiger partial charge in [0, 0.05) is 10.3 Å². The number of aliphatic hydroxyl groups excluding tert-OH is 1. The van der Waals surface area contributed by atoms with Gasteiger partial charge in [-0.2, -0.15) is 0 Å². The van der Waals surface area contributed by atoms with Gasteiger partial charge in [0.05, 0.1) is 10.8 Å². The summed E-state index contributed by atoms with van der Waals surface area (Å²) < 4.78 is 1.89. The van der Waals surface area contributed by atoms with Gasteiger partial charge in [-0.3, -0.25) is 0 Å². The second-order valence-corrected chi connectivity index (χ2v) is 4.63. The highest BCUT2D eigenvalue weighted by Crippen LogP contribution is 2.32. The molecular weight excluding hydrogens is 204 g/mol. The standard InChI is InChI=1S/C9H8O2S2/c10-4-6-1-5-2-9(12)13-8(5)3-7(6)11/h1-3,10-12H,4H2. The number of hydrogen-bond acceptors (Lipinski definition) is 4. The molecule has 0 atom stereocenters. The normalized spacial score (nSPS) is 10.9. The molecule has 2 rings (SSSR count). The predicted octanol–water partition coefficient (Wildman–Crippen LogP) is 2.39. The van der Waals surface area contributed by atoms with Gasteiger partial charge in [0.1, 0.15) is 5.75 Å². The van der Waals surface area contributed by atoms with Gasteiger partial charge in [0.15, 0.2) is 0 Å². The molecule has 2 aromatic rings. The van der Waals surface area contributed by atoms with Crippen LogP contribution in [0.25, 0.3) is 10.1 Å². The van der Waals surface area contributed by atoms with E-state index in [4.69, 9.17) is 5.11 Å². The largest absolute Gasteiger partial charge is 0.508 e. The summed E-state index contributed by atoms with van der Waals surface area (Å²) in [7, 11) is 0. The second-order valence-electron chi connectivity index (χ2n) is 2.76. The van der Waals surface area contributed by atoms with Crippen LogP contribution in [0, 0.1) is 0 Å². The third kappa shape index (κ3) is 1.52. The van der Waals surface area contributed by atoms with Gasteiger partial charge in [-0.15, -0.1) is 24.0 Å². The Morgan fingerprint density at radius 1 is 1.31 bits per heavy atom. The Hall–Kier alpha value is -0.710. The van der Waals surface area contributed by atoms with Gasteiger partial charge in [0.2, 0.25) is 0 Å². The maximum atomic E-state index is 9.44. The number of thiol groups is 1. The number of benzene rings is 1. The van der Waals surface area contributed by atoms with Gasteiger partial charge < -0.3 is 10.2 Å². The first kappa shape index (κ1) is 8.87. The number of aromatic hydroxyl groups is 1. The highest BCUT2D eigenvalue weighted by atomic mass is 32.2. The lowest BCUT2D eigenvalue weighted by atomic mass is 10.1. The molecule has 2 N–H and O–H groups in total. The van der Waals surface area contributed by atoms with E-state index >= 15 is 0 Å². The van der Waals surface area contributed by atoms with Gasteiger partial charge in [-0.05, 0) is 23.6 Å². The summed E-state index contributed by atoms with van der Waals surface area (Å²) in [5, 5.41) is 19.4. The van der Waals surface area contributed by atoms with E-state index in [-0.39, 0.29) is 12.4 Å². The fourth-order valence-corrected chi connectivity index (χ4v) is 2.49. The molecule has 0 saturated heterocycles. The van der Waals surface area contributed by atoms with Crippen molar-refractivity contribution in [3.8, 4) is 5.75 Å². The highest BCUT2D eigenvalue weighted by Gasteiger charge is 2.05. The first-order chi connectivity index (χ1) is 6.20. The lowest BCUT2D eigenvalue weighted by Gasteiger charge is -1.99. The molecule has 0 spiro atoms. The fraction of sp³-hybridized carbons (Fsp3) is 0.111. The molecule has 4 heteroatoms. The average molecular weight is 212 g/mol. The van der Waals surface area contributed by atoms with E-state index in [1.807, 2.05) is 6.07 Å². The molecule has 0 bridgehead atoms. The molecule has 0 radical (unpaired) electrons. The lowest BCUT2D eigenvalue weighted by Crippen LogP contribution is -1.82. The second kappa shape index (κ2) is 3.21. The minimum absolute atomic E-state index is 0.139. The van der Waals surface area contributed by atoms with Crippen molar-refractivity contribution in [1.29, 1.82) is 0 Å². The molecule has 2 nitrogen and oxygen atoms in total. The van der Waals surface area contributed by atoms with Crippen LogP contribution in [0.15, 0.2) is 22.4 Å². The summed E-state index contributed by atoms with van der Waals surface area (Å²) in [4.78, 5) is 0. The van der Waals surface area contributed by atoms with Crippen molar-refractivity contribution in [2.45, 2.75) is 10.8 Å². The number of fused-ring (bicyclic) bond motifs is 1. The van der Waals surface area contributed by atoms with Crippen molar-refractivity contribution in [3.05, 3.63) is 23.8 Å². The van der Waals surface area contributed by atoms with Crippen molar-refractivity contribution >= 4 is 34.1 Å². The summed E-state index contributed by atoms with van der Waals surface area (Å²) in [6.45, 7) is -0.139. The zero-order chi connectivity index (χ0) is 9.42. The Morgan fingerprint density at radius 2 is 2.08 bits per heavy atom. The third-order valence-electron chi connectivity index (χ3n) is 1.87. The van der Waals surface area contributed by atoms with Crippen molar-refractivity contribution in [1.82, 2.24) is 0 Å². The molecule has 0 fully saturated rings. The minimum atomic E-state index is -0.139. The Labute approximate surface area is 84.9 Å². The summed E-state index contributed by atoms with van der Waals surface area (Å²) >= 11 is 5.72. The van der Waals surface area contributed by atoms with Gasteiger partial charge in [0.25, 0.3) is 0 Å². The topological polar surface area (TPSA) is 40.5 Å². The van der Waals surface area contributed by atoms with Crippen LogP contribution < -0.4 is 0 Å². The molecular formula is C9H8O2S2. The zero-order valence-corrected chi connectivity index (χ0v) is 8.40. The van der Waals surface area contributed by atoms with Crippen LogP contribution in [0.3, 0.4) is 0 Å². The monoisotopic (exact) mass is 212 g/mol. The van der Waals surface area contributed by atoms with E-state index in [2.05, 4.69) is 12.6 Å². The number of phenols is 1. The van der Waals surface area contributed by atoms with Crippen LogP contribution >= 0.6 is 24.0 Å². The highest BCUT2D eigenvalue weighted by molar-refractivity contribution is 7.83. The van der Waals surface area contributed by atoms with Crippen molar-refractivity contribution < 1.29 is 10.2 Å². The van der Waals surface area contributed by atoms with E-state index in [0.29, 0.717) is 5.56 Å². The van der Waals surface area contributed by atoms with E-state index in [9.17, 15) is 5.11 Å². The summed E-state index contributed by atoms with van der Waals surface area (Å²) in [5.41, 5.74) is 0.554. The predicted molar refractivity (Wildman–Crippen MR) is 56.7 cm³/mol. The summed E-state index contributed by atoms with van der Waals surface area (Å²) in [5.74, 6) is 0.144. The number of rotatable bonds is 1. The fourth-order valence-electron chi connectivity index (χ4n) is 1.24. The Balaban J connectivity index is 2.72. The van der Waals surface area contributed by atoms with Crippen LogP contribution in [-0.4, -0.2) is 10.2 Å². The molecule has 13 heavy (non-hydrogen) atoms. The maximum Gasteiger partial charge on any atom is 0.122 e. The molecule has 0 amide bonds. The maximum absolute atomic E-state index is 9.44. The Morgan fingerprint density at radius 3 is 2.77 bits per heavy atom. The Bertz CT molecular complexity index is 448. The quantitative estimate of drug-likeness (QED) is 0.635. The molecule has 68 valence electrons. The summed E-state index contributed by atoms with van der Waals surface area (Å²) in [6, 6.07) is 5.36. The van der Waals surface area contributed by atoms with E-state index in [1.54, 1.807) is 12.1 Å². The molecule has 1 aromatic carbocycles. The van der Waals surface area contributed by atoms with Gasteiger partial charge in [-0.25, -0.2) is 0 Å². The van der Waals surface area contributed by atoms with Crippen molar-refractivity contribution in [2.24, 2.45) is 0 Å². The molecule has 0 unspecified atom stereocenters. The van der Waals surface area contributed by atoms with Crippen LogP contribution in [0.5, 0.6) is 5.75 Å². The smallest absolute Gasteiger partial charge is 0.122 e. The number of thiophene rings is 1. The minimum Gasteiger partial charge on any atom is -0.508 e. The van der Waals surface area contributed by atoms with E-state index < -0.39 is 0 Å². The third-order valence-corrected chi connectivity index (χ3v) is 3.18. The lowest BCUT2D eigenvalue weighted by molar-refractivity contribution is 0.276. The van der Waals surface area contributed by atoms with Gasteiger partial charge >= 0.3 is 0 Å². The number of aliphatic hydroxyl groups is 1. The number of hydrogen-bond donors (Lipinski definition) is 3. The first-order valence-corrected chi connectivity index (χ1v) is 5.02. The molecule has 0 aliphatic rings. The molecule has 0 aliphatic carbocycles. The molecule has 1 aromatic heterocycles. The van der Waals surface area contributed by atoms with Crippen molar-refractivity contribution in [3.63, 3.8) is 0 Å². The zero-order valence-electron chi connectivity index (χ0n) is 6.69. The van der Waals surface area contributed by atoms with E-state index in [1.165, 1.54) is 11.3 Å². The average Bonchev–Trinajstić information content (AvgIpc) is 2.42. The van der Waals surface area contributed by atoms with Crippen LogP contribution in [0.1, 0.15) is 5.56 Å².